The quantitative estimate of drug-likeness (QED) is 0.101. The fourth-order valence-corrected chi connectivity index (χ4v) is 5.86. The van der Waals surface area contributed by atoms with E-state index in [1.807, 2.05) is 0 Å². The van der Waals surface area contributed by atoms with Gasteiger partial charge in [-0.15, -0.1) is 0 Å². The maximum absolute atomic E-state index is 13.1. The van der Waals surface area contributed by atoms with Crippen LogP contribution >= 0.6 is 0 Å². The van der Waals surface area contributed by atoms with Gasteiger partial charge in [0.1, 0.15) is 6.04 Å². The molecule has 18 nitrogen and oxygen atoms in total. The van der Waals surface area contributed by atoms with E-state index in [9.17, 15) is 54.1 Å². The monoisotopic (exact) mass is 754 g/mol. The fourth-order valence-electron chi connectivity index (χ4n) is 5.86. The Morgan fingerprint density at radius 3 is 1.54 bits per heavy atom. The normalized spacial score (nSPS) is 19.3. The number of benzene rings is 1. The topological polar surface area (TPSA) is 244 Å². The summed E-state index contributed by atoms with van der Waals surface area (Å²) in [6.45, 7) is 3.12. The van der Waals surface area contributed by atoms with E-state index in [1.54, 1.807) is 19.6 Å². The van der Waals surface area contributed by atoms with Gasteiger partial charge in [0.15, 0.2) is 0 Å². The van der Waals surface area contributed by atoms with Crippen LogP contribution < -0.4 is 10.6 Å². The molecule has 3 rings (SSSR count). The maximum atomic E-state index is 13.1. The molecular weight excluding hydrogens is 709 g/mol. The van der Waals surface area contributed by atoms with Crippen molar-refractivity contribution in [2.75, 3.05) is 90.4 Å². The number of carbonyl (C=O) groups is 6. The molecular formula is C30H46BCuN7O11. The van der Waals surface area contributed by atoms with Crippen molar-refractivity contribution in [2.24, 2.45) is 0 Å². The van der Waals surface area contributed by atoms with E-state index >= 15 is 0 Å². The number of anilines is 1. The molecule has 0 saturated carbocycles. The minimum Gasteiger partial charge on any atom is -0.480 e. The minimum atomic E-state index is -1.67. The number of nitrogens with zero attached hydrogens (tertiary/aromatic N) is 5. The van der Waals surface area contributed by atoms with E-state index in [0.717, 1.165) is 0 Å². The van der Waals surface area contributed by atoms with Gasteiger partial charge in [0.2, 0.25) is 11.8 Å². The van der Waals surface area contributed by atoms with Gasteiger partial charge in [-0.05, 0) is 44.0 Å². The molecule has 0 unspecified atom stereocenters. The van der Waals surface area contributed by atoms with Crippen LogP contribution in [0.3, 0.4) is 0 Å². The van der Waals surface area contributed by atoms with Crippen molar-refractivity contribution in [1.82, 2.24) is 29.8 Å². The van der Waals surface area contributed by atoms with Gasteiger partial charge in [-0.3, -0.25) is 48.4 Å². The third-order valence-electron chi connectivity index (χ3n) is 8.45. The van der Waals surface area contributed by atoms with Gasteiger partial charge in [-0.1, -0.05) is 0 Å². The second kappa shape index (κ2) is 20.9. The van der Waals surface area contributed by atoms with Gasteiger partial charge in [0, 0.05) is 87.2 Å². The Labute approximate surface area is 301 Å². The van der Waals surface area contributed by atoms with Crippen molar-refractivity contribution >= 4 is 48.4 Å². The molecule has 0 spiro atoms. The second-order valence-electron chi connectivity index (χ2n) is 12.3. The number of nitrogens with one attached hydrogen (secondary N) is 2. The SMILES string of the molecule is C[C@@H](NC(=O)c1ccc(NC(=O)CN2CCN(CC(=O)O)CCN(CC(=O)O)CCN(CC(=O)O)CC2)cc1)C(=O)N1CCC[C@H]1B(O)O.[Cu]. The number of rotatable bonds is 13. The molecule has 2 saturated heterocycles. The predicted octanol–water partition coefficient (Wildman–Crippen LogP) is -2.78. The first-order valence-corrected chi connectivity index (χ1v) is 16.1. The van der Waals surface area contributed by atoms with Gasteiger partial charge in [0.25, 0.3) is 5.91 Å². The molecule has 1 aromatic rings. The van der Waals surface area contributed by atoms with Crippen LogP contribution in [0, 0.1) is 0 Å². The van der Waals surface area contributed by atoms with Crippen molar-refractivity contribution in [3.05, 3.63) is 29.8 Å². The molecule has 20 heteroatoms. The van der Waals surface area contributed by atoms with Gasteiger partial charge < -0.3 is 40.9 Å². The number of carboxylic acid groups (broad SMARTS) is 3. The number of carboxylic acids is 3. The van der Waals surface area contributed by atoms with Crippen LogP contribution in [0.1, 0.15) is 30.1 Å². The summed E-state index contributed by atoms with van der Waals surface area (Å²) in [6.07, 6.45) is 1.08. The zero-order valence-electron chi connectivity index (χ0n) is 27.9. The van der Waals surface area contributed by atoms with E-state index in [1.165, 1.54) is 36.1 Å². The summed E-state index contributed by atoms with van der Waals surface area (Å²) in [5.74, 6) is -5.21. The summed E-state index contributed by atoms with van der Waals surface area (Å²) in [4.78, 5) is 81.2. The smallest absolute Gasteiger partial charge is 0.475 e. The standard InChI is InChI=1S/C30H46BN7O11.Cu/c1-21(30(47)38-8-2-3-24(38)31(48)49)32-29(46)22-4-6-23(7-5-22)33-25(39)17-34-9-11-35(18-26(40)41)13-15-37(20-28(44)45)16-14-36(12-10-34)19-27(42)43;/h4-7,21,24,48-49H,2-3,8-20H2,1H3,(H,32,46)(H,33,39)(H,40,41)(H,42,43)(H,44,45);/t21-,24+;/m1./s1. The molecule has 2 aliphatic heterocycles. The van der Waals surface area contributed by atoms with Crippen molar-refractivity contribution in [1.29, 1.82) is 0 Å². The summed E-state index contributed by atoms with van der Waals surface area (Å²) in [5, 5.41) is 52.6. The Kier molecular flexibility index (Phi) is 17.8. The van der Waals surface area contributed by atoms with Crippen molar-refractivity contribution in [2.45, 2.75) is 31.7 Å². The number of hydrogen-bond acceptors (Lipinski definition) is 12. The van der Waals surface area contributed by atoms with Gasteiger partial charge in [0.05, 0.1) is 32.1 Å². The van der Waals surface area contributed by atoms with Crippen LogP contribution in [0.15, 0.2) is 24.3 Å². The van der Waals surface area contributed by atoms with Crippen molar-refractivity contribution in [3.8, 4) is 0 Å². The van der Waals surface area contributed by atoms with E-state index in [2.05, 4.69) is 10.6 Å². The number of hydrogen-bond donors (Lipinski definition) is 7. The minimum absolute atomic E-state index is 0. The molecule has 2 atom stereocenters. The maximum Gasteiger partial charge on any atom is 0.475 e. The third kappa shape index (κ3) is 14.3. The average molecular weight is 755 g/mol. The third-order valence-corrected chi connectivity index (χ3v) is 8.45. The van der Waals surface area contributed by atoms with E-state index in [0.29, 0.717) is 25.1 Å². The molecule has 2 heterocycles. The molecule has 0 aliphatic carbocycles. The molecule has 3 amide bonds. The summed E-state index contributed by atoms with van der Waals surface area (Å²) >= 11 is 0. The Bertz CT molecular complexity index is 1290. The van der Waals surface area contributed by atoms with E-state index < -0.39 is 54.7 Å². The Morgan fingerprint density at radius 1 is 0.720 bits per heavy atom. The predicted molar refractivity (Wildman–Crippen MR) is 176 cm³/mol. The number of amides is 3. The summed E-state index contributed by atoms with van der Waals surface area (Å²) in [6, 6.07) is 5.11. The Morgan fingerprint density at radius 2 is 1.14 bits per heavy atom. The first-order chi connectivity index (χ1) is 23.2. The van der Waals surface area contributed by atoms with E-state index in [4.69, 9.17) is 0 Å². The second-order valence-corrected chi connectivity index (χ2v) is 12.3. The summed E-state index contributed by atoms with van der Waals surface area (Å²) in [5.41, 5.74) is 0.634. The molecule has 0 bridgehead atoms. The Balaban J connectivity index is 0.00000867. The Hall–Kier alpha value is -3.62. The summed E-state index contributed by atoms with van der Waals surface area (Å²) < 4.78 is 0. The first kappa shape index (κ1) is 42.6. The molecule has 2 fully saturated rings. The molecule has 0 aromatic heterocycles. The average Bonchev–Trinajstić information content (AvgIpc) is 3.52. The molecule has 1 aromatic carbocycles. The van der Waals surface area contributed by atoms with Crippen LogP contribution in [0.5, 0.6) is 0 Å². The van der Waals surface area contributed by atoms with E-state index in [-0.39, 0.29) is 101 Å². The zero-order valence-corrected chi connectivity index (χ0v) is 28.8. The largest absolute Gasteiger partial charge is 0.480 e. The summed E-state index contributed by atoms with van der Waals surface area (Å²) in [7, 11) is -1.67. The number of likely N-dealkylation sites (tertiary alicyclic amines) is 1. The van der Waals surface area contributed by atoms with Gasteiger partial charge in [-0.2, -0.15) is 0 Å². The van der Waals surface area contributed by atoms with Gasteiger partial charge >= 0.3 is 25.0 Å². The first-order valence-electron chi connectivity index (χ1n) is 16.1. The molecule has 2 aliphatic rings. The van der Waals surface area contributed by atoms with Crippen molar-refractivity contribution in [3.63, 3.8) is 0 Å². The molecule has 1 radical (unpaired) electrons. The number of aliphatic carboxylic acids is 3. The van der Waals surface area contributed by atoms with Gasteiger partial charge in [-0.25, -0.2) is 0 Å². The van der Waals surface area contributed by atoms with Crippen LogP contribution in [0.4, 0.5) is 5.69 Å². The zero-order chi connectivity index (χ0) is 36.1. The molecule has 50 heavy (non-hydrogen) atoms. The number of carbonyl (C=O) groups excluding carboxylic acids is 3. The van der Waals surface area contributed by atoms with Crippen LogP contribution in [-0.2, 0) is 41.0 Å². The van der Waals surface area contributed by atoms with Crippen molar-refractivity contribution < 1.29 is 71.2 Å². The van der Waals surface area contributed by atoms with Crippen LogP contribution in [-0.4, -0.2) is 190 Å². The molecule has 7 N–H and O–H groups in total. The molecule has 281 valence electrons. The fraction of sp³-hybridized carbons (Fsp3) is 0.600. The van der Waals surface area contributed by atoms with Crippen LogP contribution in [0.25, 0.3) is 0 Å². The van der Waals surface area contributed by atoms with Crippen LogP contribution in [0.2, 0.25) is 0 Å².